The van der Waals surface area contributed by atoms with E-state index in [1.165, 1.54) is 10.5 Å². The fourth-order valence-corrected chi connectivity index (χ4v) is 3.35. The fourth-order valence-electron chi connectivity index (χ4n) is 3.35. The third-order valence-electron chi connectivity index (χ3n) is 5.08. The van der Waals surface area contributed by atoms with Gasteiger partial charge in [0.2, 0.25) is 0 Å². The second-order valence-corrected chi connectivity index (χ2v) is 7.94. The number of aromatic nitrogens is 2. The van der Waals surface area contributed by atoms with Gasteiger partial charge in [0.25, 0.3) is 11.5 Å². The first-order valence-corrected chi connectivity index (χ1v) is 10.6. The molecule has 2 aromatic heterocycles. The maximum absolute atomic E-state index is 12.3. The van der Waals surface area contributed by atoms with Gasteiger partial charge in [-0.25, -0.2) is 4.98 Å². The van der Waals surface area contributed by atoms with Crippen LogP contribution < -0.4 is 20.3 Å². The molecule has 1 amide bonds. The number of hydrogen-bond donors (Lipinski definition) is 1. The van der Waals surface area contributed by atoms with Gasteiger partial charge < -0.3 is 14.8 Å². The summed E-state index contributed by atoms with van der Waals surface area (Å²) >= 11 is 0. The van der Waals surface area contributed by atoms with Crippen LogP contribution in [0.2, 0.25) is 0 Å². The van der Waals surface area contributed by atoms with Gasteiger partial charge in [0.15, 0.2) is 6.61 Å². The monoisotopic (exact) mass is 443 g/mol. The predicted octanol–water partition coefficient (Wildman–Crippen LogP) is 4.22. The van der Waals surface area contributed by atoms with Crippen LogP contribution >= 0.6 is 0 Å². The van der Waals surface area contributed by atoms with Gasteiger partial charge in [-0.1, -0.05) is 18.2 Å². The highest BCUT2D eigenvalue weighted by atomic mass is 16.5. The Morgan fingerprint density at radius 1 is 0.970 bits per heavy atom. The average molecular weight is 444 g/mol. The number of rotatable bonds is 7. The van der Waals surface area contributed by atoms with Gasteiger partial charge in [0, 0.05) is 24.0 Å². The minimum Gasteiger partial charge on any atom is -0.487 e. The van der Waals surface area contributed by atoms with Gasteiger partial charge in [0.05, 0.1) is 5.69 Å². The minimum absolute atomic E-state index is 0.0975. The molecule has 0 radical (unpaired) electrons. The van der Waals surface area contributed by atoms with Crippen molar-refractivity contribution in [2.45, 2.75) is 27.4 Å². The molecule has 0 saturated heterocycles. The molecule has 0 saturated carbocycles. The van der Waals surface area contributed by atoms with E-state index in [0.717, 1.165) is 16.7 Å². The summed E-state index contributed by atoms with van der Waals surface area (Å²) in [5.74, 6) is 0.971. The molecule has 1 N–H and O–H groups in total. The Kier molecular flexibility index (Phi) is 6.40. The SMILES string of the molecule is Cc1ccc(C)c(OCC(=O)Nc2cccc(OCc3cc(=O)n4ccc(C)cc4n3)c2)c1. The van der Waals surface area contributed by atoms with Crippen LogP contribution in [0.1, 0.15) is 22.4 Å². The van der Waals surface area contributed by atoms with Gasteiger partial charge in [-0.15, -0.1) is 0 Å². The van der Waals surface area contributed by atoms with Crippen molar-refractivity contribution >= 4 is 17.2 Å². The fraction of sp³-hybridized carbons (Fsp3) is 0.192. The first kappa shape index (κ1) is 22.1. The molecular weight excluding hydrogens is 418 g/mol. The lowest BCUT2D eigenvalue weighted by atomic mass is 10.1. The Labute approximate surface area is 191 Å². The summed E-state index contributed by atoms with van der Waals surface area (Å²) in [5.41, 5.74) is 4.59. The Balaban J connectivity index is 1.38. The zero-order chi connectivity index (χ0) is 23.4. The minimum atomic E-state index is -0.271. The van der Waals surface area contributed by atoms with Gasteiger partial charge in [-0.2, -0.15) is 0 Å². The molecule has 7 heteroatoms. The number of amides is 1. The molecule has 0 fully saturated rings. The number of benzene rings is 2. The Bertz CT molecular complexity index is 1380. The molecule has 168 valence electrons. The Morgan fingerprint density at radius 2 is 1.79 bits per heavy atom. The normalized spacial score (nSPS) is 10.8. The smallest absolute Gasteiger partial charge is 0.262 e. The summed E-state index contributed by atoms with van der Waals surface area (Å²) in [6, 6.07) is 18.1. The highest BCUT2D eigenvalue weighted by Gasteiger charge is 2.08. The van der Waals surface area contributed by atoms with Crippen LogP contribution in [0, 0.1) is 20.8 Å². The maximum Gasteiger partial charge on any atom is 0.262 e. The van der Waals surface area contributed by atoms with Crippen LogP contribution in [0.3, 0.4) is 0 Å². The summed E-state index contributed by atoms with van der Waals surface area (Å²) in [6.07, 6.45) is 1.71. The van der Waals surface area contributed by atoms with Crippen LogP contribution in [0.15, 0.2) is 71.7 Å². The number of fused-ring (bicyclic) bond motifs is 1. The van der Waals surface area contributed by atoms with Crippen molar-refractivity contribution in [1.82, 2.24) is 9.38 Å². The Morgan fingerprint density at radius 3 is 2.64 bits per heavy atom. The number of anilines is 1. The van der Waals surface area contributed by atoms with E-state index in [-0.39, 0.29) is 24.7 Å². The van der Waals surface area contributed by atoms with Crippen LogP contribution in [-0.4, -0.2) is 21.9 Å². The van der Waals surface area contributed by atoms with Crippen molar-refractivity contribution in [3.05, 3.63) is 99.6 Å². The summed E-state index contributed by atoms with van der Waals surface area (Å²) in [7, 11) is 0. The van der Waals surface area contributed by atoms with Crippen molar-refractivity contribution in [2.75, 3.05) is 11.9 Å². The van der Waals surface area contributed by atoms with Crippen LogP contribution in [-0.2, 0) is 11.4 Å². The Hall–Kier alpha value is -4.13. The van der Waals surface area contributed by atoms with E-state index in [1.807, 2.05) is 51.1 Å². The van der Waals surface area contributed by atoms with E-state index in [9.17, 15) is 9.59 Å². The number of carbonyl (C=O) groups excluding carboxylic acids is 1. The average Bonchev–Trinajstić information content (AvgIpc) is 2.78. The molecule has 4 aromatic rings. The molecular formula is C26H25N3O4. The van der Waals surface area contributed by atoms with E-state index in [4.69, 9.17) is 9.47 Å². The standard InChI is InChI=1S/C26H25N3O4/c1-17-7-8-19(3)23(11-17)33-16-25(30)28-20-5-4-6-22(13-20)32-15-21-14-26(31)29-10-9-18(2)12-24(29)27-21/h4-14H,15-16H2,1-3H3,(H,28,30). The zero-order valence-electron chi connectivity index (χ0n) is 18.8. The first-order valence-electron chi connectivity index (χ1n) is 10.6. The second kappa shape index (κ2) is 9.56. The molecule has 0 atom stereocenters. The summed E-state index contributed by atoms with van der Waals surface area (Å²) in [6.45, 7) is 5.89. The van der Waals surface area contributed by atoms with E-state index < -0.39 is 0 Å². The van der Waals surface area contributed by atoms with Crippen LogP contribution in [0.4, 0.5) is 5.69 Å². The van der Waals surface area contributed by atoms with Crippen molar-refractivity contribution in [3.8, 4) is 11.5 Å². The van der Waals surface area contributed by atoms with Crippen molar-refractivity contribution in [3.63, 3.8) is 0 Å². The molecule has 2 aromatic carbocycles. The summed E-state index contributed by atoms with van der Waals surface area (Å²) < 4.78 is 13.0. The molecule has 4 rings (SSSR count). The van der Waals surface area contributed by atoms with Gasteiger partial charge in [0.1, 0.15) is 23.8 Å². The molecule has 2 heterocycles. The van der Waals surface area contributed by atoms with Gasteiger partial charge in [-0.05, 0) is 67.8 Å². The van der Waals surface area contributed by atoms with Crippen molar-refractivity contribution in [2.24, 2.45) is 0 Å². The lowest BCUT2D eigenvalue weighted by Gasteiger charge is -2.11. The maximum atomic E-state index is 12.3. The molecule has 0 aliphatic carbocycles. The predicted molar refractivity (Wildman–Crippen MR) is 127 cm³/mol. The number of pyridine rings is 1. The highest BCUT2D eigenvalue weighted by molar-refractivity contribution is 5.92. The second-order valence-electron chi connectivity index (χ2n) is 7.94. The van der Waals surface area contributed by atoms with Crippen LogP contribution in [0.25, 0.3) is 5.65 Å². The largest absolute Gasteiger partial charge is 0.487 e. The molecule has 7 nitrogen and oxygen atoms in total. The van der Waals surface area contributed by atoms with Crippen LogP contribution in [0.5, 0.6) is 11.5 Å². The topological polar surface area (TPSA) is 81.9 Å². The number of nitrogens with one attached hydrogen (secondary N) is 1. The third-order valence-corrected chi connectivity index (χ3v) is 5.08. The summed E-state index contributed by atoms with van der Waals surface area (Å²) in [5, 5.41) is 2.81. The number of hydrogen-bond acceptors (Lipinski definition) is 5. The zero-order valence-corrected chi connectivity index (χ0v) is 18.8. The van der Waals surface area contributed by atoms with Gasteiger partial charge in [-0.3, -0.25) is 14.0 Å². The molecule has 0 bridgehead atoms. The highest BCUT2D eigenvalue weighted by Crippen LogP contribution is 2.20. The molecule has 0 aliphatic heterocycles. The van der Waals surface area contributed by atoms with E-state index in [2.05, 4.69) is 10.3 Å². The quantitative estimate of drug-likeness (QED) is 0.463. The summed E-state index contributed by atoms with van der Waals surface area (Å²) in [4.78, 5) is 29.1. The number of aryl methyl sites for hydroxylation is 3. The lowest BCUT2D eigenvalue weighted by Crippen LogP contribution is -2.20. The number of nitrogens with zero attached hydrogens (tertiary/aromatic N) is 2. The third kappa shape index (κ3) is 5.57. The van der Waals surface area contributed by atoms with Crippen molar-refractivity contribution < 1.29 is 14.3 Å². The van der Waals surface area contributed by atoms with E-state index >= 15 is 0 Å². The van der Waals surface area contributed by atoms with E-state index in [1.54, 1.807) is 30.5 Å². The molecule has 0 unspecified atom stereocenters. The first-order chi connectivity index (χ1) is 15.9. The molecule has 0 spiro atoms. The molecule has 0 aliphatic rings. The van der Waals surface area contributed by atoms with Gasteiger partial charge >= 0.3 is 0 Å². The number of carbonyl (C=O) groups is 1. The number of ether oxygens (including phenoxy) is 2. The van der Waals surface area contributed by atoms with Crippen molar-refractivity contribution in [1.29, 1.82) is 0 Å². The lowest BCUT2D eigenvalue weighted by molar-refractivity contribution is -0.118. The van der Waals surface area contributed by atoms with E-state index in [0.29, 0.717) is 28.5 Å². The molecule has 33 heavy (non-hydrogen) atoms.